The Morgan fingerprint density at radius 3 is 3.06 bits per heavy atom. The number of rotatable bonds is 1. The first kappa shape index (κ1) is 10.0. The van der Waals surface area contributed by atoms with E-state index in [2.05, 4.69) is 19.8 Å². The second kappa shape index (κ2) is 3.70. The third-order valence-electron chi connectivity index (χ3n) is 2.27. The number of hydrogen-bond acceptors (Lipinski definition) is 5. The fourth-order valence-electron chi connectivity index (χ4n) is 1.52. The van der Waals surface area contributed by atoms with Crippen molar-refractivity contribution >= 4 is 21.7 Å². The van der Waals surface area contributed by atoms with E-state index in [1.807, 2.05) is 0 Å². The highest BCUT2D eigenvalue weighted by atomic mass is 32.1. The van der Waals surface area contributed by atoms with Crippen LogP contribution in [0.1, 0.15) is 0 Å². The zero-order valence-corrected chi connectivity index (χ0v) is 9.16. The van der Waals surface area contributed by atoms with Gasteiger partial charge in [-0.05, 0) is 23.7 Å². The standard InChI is InChI=1S/C10H5FN4OS/c11-6-3-1-2-5(4-6)7-8-9(17-14-7)10(16)13-15-12-8/h1-4H,(H,12,13,16). The van der Waals surface area contributed by atoms with Crippen LogP contribution in [0.2, 0.25) is 0 Å². The highest BCUT2D eigenvalue weighted by Crippen LogP contribution is 2.26. The normalized spacial score (nSPS) is 10.9. The predicted octanol–water partition coefficient (Wildman–Crippen LogP) is 1.58. The molecule has 2 heterocycles. The molecule has 0 saturated carbocycles. The summed E-state index contributed by atoms with van der Waals surface area (Å²) in [4.78, 5) is 11.4. The van der Waals surface area contributed by atoms with Gasteiger partial charge in [-0.25, -0.2) is 9.49 Å². The number of hydrogen-bond donors (Lipinski definition) is 1. The monoisotopic (exact) mass is 248 g/mol. The average Bonchev–Trinajstić information content (AvgIpc) is 2.74. The van der Waals surface area contributed by atoms with E-state index in [0.717, 1.165) is 11.5 Å². The second-order valence-electron chi connectivity index (χ2n) is 3.36. The Morgan fingerprint density at radius 2 is 2.24 bits per heavy atom. The Bertz CT molecular complexity index is 751. The number of fused-ring (bicyclic) bond motifs is 1. The van der Waals surface area contributed by atoms with E-state index in [9.17, 15) is 9.18 Å². The molecule has 0 radical (unpaired) electrons. The van der Waals surface area contributed by atoms with Gasteiger partial charge in [0.05, 0.1) is 0 Å². The van der Waals surface area contributed by atoms with E-state index in [1.54, 1.807) is 12.1 Å². The number of aromatic nitrogens is 4. The van der Waals surface area contributed by atoms with Crippen LogP contribution in [0.4, 0.5) is 4.39 Å². The van der Waals surface area contributed by atoms with Crippen molar-refractivity contribution in [2.45, 2.75) is 0 Å². The summed E-state index contributed by atoms with van der Waals surface area (Å²) in [6, 6.07) is 5.98. The molecule has 0 aliphatic carbocycles. The summed E-state index contributed by atoms with van der Waals surface area (Å²) in [6.45, 7) is 0. The third kappa shape index (κ3) is 1.60. The van der Waals surface area contributed by atoms with Crippen molar-refractivity contribution in [2.75, 3.05) is 0 Å². The van der Waals surface area contributed by atoms with Crippen LogP contribution in [0.25, 0.3) is 21.5 Å². The molecule has 3 rings (SSSR count). The molecule has 0 saturated heterocycles. The van der Waals surface area contributed by atoms with Gasteiger partial charge in [0.2, 0.25) is 0 Å². The third-order valence-corrected chi connectivity index (χ3v) is 3.11. The summed E-state index contributed by atoms with van der Waals surface area (Å²) >= 11 is 1.02. The van der Waals surface area contributed by atoms with Crippen molar-refractivity contribution in [2.24, 2.45) is 0 Å². The van der Waals surface area contributed by atoms with E-state index < -0.39 is 0 Å². The molecule has 0 aliphatic rings. The largest absolute Gasteiger partial charge is 0.286 e. The summed E-state index contributed by atoms with van der Waals surface area (Å²) in [5.41, 5.74) is 1.11. The van der Waals surface area contributed by atoms with Gasteiger partial charge in [-0.3, -0.25) is 4.79 Å². The van der Waals surface area contributed by atoms with Gasteiger partial charge in [0.25, 0.3) is 5.56 Å². The molecule has 1 aromatic carbocycles. The molecular formula is C10H5FN4OS. The fourth-order valence-corrected chi connectivity index (χ4v) is 2.25. The smallest absolute Gasteiger partial charge is 0.266 e. The topological polar surface area (TPSA) is 71.5 Å². The Kier molecular flexibility index (Phi) is 2.19. The minimum Gasteiger partial charge on any atom is -0.266 e. The predicted molar refractivity (Wildman–Crippen MR) is 61.2 cm³/mol. The zero-order chi connectivity index (χ0) is 11.8. The number of benzene rings is 1. The molecule has 0 fully saturated rings. The van der Waals surface area contributed by atoms with Gasteiger partial charge in [-0.1, -0.05) is 17.3 Å². The Balaban J connectivity index is 2.32. The van der Waals surface area contributed by atoms with Crippen LogP contribution >= 0.6 is 11.5 Å². The number of nitrogens with zero attached hydrogens (tertiary/aromatic N) is 3. The first-order valence-corrected chi connectivity index (χ1v) is 5.50. The minimum atomic E-state index is -0.360. The molecule has 0 amide bonds. The van der Waals surface area contributed by atoms with Crippen LogP contribution < -0.4 is 5.56 Å². The summed E-state index contributed by atoms with van der Waals surface area (Å²) in [5.74, 6) is -0.360. The van der Waals surface area contributed by atoms with E-state index in [-0.39, 0.29) is 11.4 Å². The van der Waals surface area contributed by atoms with Crippen LogP contribution in [-0.4, -0.2) is 19.8 Å². The van der Waals surface area contributed by atoms with Gasteiger partial charge < -0.3 is 0 Å². The molecule has 0 atom stereocenters. The van der Waals surface area contributed by atoms with Gasteiger partial charge in [-0.2, -0.15) is 4.37 Å². The van der Waals surface area contributed by atoms with Crippen molar-refractivity contribution in [3.63, 3.8) is 0 Å². The van der Waals surface area contributed by atoms with Gasteiger partial charge in [-0.15, -0.1) is 5.10 Å². The molecule has 1 N–H and O–H groups in total. The Morgan fingerprint density at radius 1 is 1.35 bits per heavy atom. The minimum absolute atomic E-state index is 0.338. The van der Waals surface area contributed by atoms with Crippen molar-refractivity contribution in [1.29, 1.82) is 0 Å². The molecule has 0 bridgehead atoms. The molecule has 2 aromatic heterocycles. The van der Waals surface area contributed by atoms with E-state index in [1.165, 1.54) is 12.1 Å². The summed E-state index contributed by atoms with van der Waals surface area (Å²) in [7, 11) is 0. The maximum Gasteiger partial charge on any atom is 0.286 e. The van der Waals surface area contributed by atoms with Crippen molar-refractivity contribution < 1.29 is 4.39 Å². The van der Waals surface area contributed by atoms with Crippen LogP contribution in [-0.2, 0) is 0 Å². The van der Waals surface area contributed by atoms with E-state index in [4.69, 9.17) is 0 Å². The number of nitrogens with one attached hydrogen (secondary N) is 1. The van der Waals surface area contributed by atoms with Gasteiger partial charge in [0.1, 0.15) is 21.7 Å². The second-order valence-corrected chi connectivity index (χ2v) is 4.13. The molecule has 3 aromatic rings. The van der Waals surface area contributed by atoms with Crippen LogP contribution in [0.15, 0.2) is 29.1 Å². The summed E-state index contributed by atoms with van der Waals surface area (Å²) in [6.07, 6.45) is 0. The van der Waals surface area contributed by atoms with Gasteiger partial charge >= 0.3 is 0 Å². The molecule has 0 spiro atoms. The summed E-state index contributed by atoms with van der Waals surface area (Å²) in [5, 5.41) is 9.54. The molecule has 7 heteroatoms. The lowest BCUT2D eigenvalue weighted by Gasteiger charge is -1.96. The maximum absolute atomic E-state index is 13.1. The SMILES string of the molecule is O=c1[nH]nnc2c(-c3cccc(F)c3)nsc12. The molecule has 17 heavy (non-hydrogen) atoms. The molecule has 0 aliphatic heterocycles. The number of aromatic amines is 1. The highest BCUT2D eigenvalue weighted by Gasteiger charge is 2.13. The van der Waals surface area contributed by atoms with E-state index >= 15 is 0 Å². The quantitative estimate of drug-likeness (QED) is 0.709. The first-order valence-electron chi connectivity index (χ1n) is 4.72. The molecule has 84 valence electrons. The fraction of sp³-hybridized carbons (Fsp3) is 0. The molecule has 5 nitrogen and oxygen atoms in total. The number of halogens is 1. The van der Waals surface area contributed by atoms with Gasteiger partial charge in [0.15, 0.2) is 0 Å². The number of H-pyrrole nitrogens is 1. The van der Waals surface area contributed by atoms with Crippen LogP contribution in [0, 0.1) is 5.82 Å². The van der Waals surface area contributed by atoms with Crippen molar-refractivity contribution in [1.82, 2.24) is 19.8 Å². The Hall–Kier alpha value is -2.15. The van der Waals surface area contributed by atoms with E-state index in [0.29, 0.717) is 21.5 Å². The Labute approximate surface area is 98.1 Å². The van der Waals surface area contributed by atoms with Gasteiger partial charge in [0, 0.05) is 5.56 Å². The van der Waals surface area contributed by atoms with Crippen LogP contribution in [0.5, 0.6) is 0 Å². The van der Waals surface area contributed by atoms with Crippen molar-refractivity contribution in [3.8, 4) is 11.3 Å². The molecule has 0 unspecified atom stereocenters. The average molecular weight is 248 g/mol. The lowest BCUT2D eigenvalue weighted by molar-refractivity contribution is 0.628. The van der Waals surface area contributed by atoms with Crippen molar-refractivity contribution in [3.05, 3.63) is 40.4 Å². The van der Waals surface area contributed by atoms with Crippen LogP contribution in [0.3, 0.4) is 0 Å². The maximum atomic E-state index is 13.1. The highest BCUT2D eigenvalue weighted by molar-refractivity contribution is 7.13. The molecular weight excluding hydrogens is 243 g/mol. The summed E-state index contributed by atoms with van der Waals surface area (Å²) < 4.78 is 17.6. The zero-order valence-electron chi connectivity index (χ0n) is 8.35. The first-order chi connectivity index (χ1) is 8.25. The lowest BCUT2D eigenvalue weighted by Crippen LogP contribution is -2.07. The lowest BCUT2D eigenvalue weighted by atomic mass is 10.1.